The third kappa shape index (κ3) is 15.9. The molecule has 1 aromatic carbocycles. The van der Waals surface area contributed by atoms with Crippen molar-refractivity contribution in [2.75, 3.05) is 0 Å². The molecule has 4 nitrogen and oxygen atoms in total. The van der Waals surface area contributed by atoms with Gasteiger partial charge in [-0.2, -0.15) is 5.10 Å². The second-order valence-corrected chi connectivity index (χ2v) is 7.90. The first kappa shape index (κ1) is 29.3. The summed E-state index contributed by atoms with van der Waals surface area (Å²) in [6.45, 7) is 3.22. The number of nitrogens with zero attached hydrogens (tertiary/aromatic N) is 2. The third-order valence-electron chi connectivity index (χ3n) is 4.92. The average Bonchev–Trinajstić information content (AvgIpc) is 2.78. The molecular formula is C24H33BF5N3O. The van der Waals surface area contributed by atoms with E-state index in [1.807, 2.05) is 12.4 Å². The monoisotopic (exact) mass is 485 g/mol. The molecule has 2 aromatic rings. The smallest absolute Gasteiger partial charge is 0.418 e. The molecule has 2 rings (SSSR count). The Morgan fingerprint density at radius 3 is 1.91 bits per heavy atom. The lowest BCUT2D eigenvalue weighted by atomic mass is 10.1. The standard InChI is InChI=1S/C24H32FN3O.BF4/c1-2-3-4-5-6-7-8-9-10-17-28-18-15-22(16-19-28)24(29)27-26-20-21-11-13-23(25)14-12-21;2-1(3,4)5/h11-16,18-20H,2-10,17H2,1H3;/q;-1/p+1. The van der Waals surface area contributed by atoms with Gasteiger partial charge >= 0.3 is 7.25 Å². The summed E-state index contributed by atoms with van der Waals surface area (Å²) in [5, 5.41) is 3.92. The molecular weight excluding hydrogens is 452 g/mol. The molecule has 0 aliphatic carbocycles. The maximum Gasteiger partial charge on any atom is 0.673 e. The van der Waals surface area contributed by atoms with Gasteiger partial charge in [0.05, 0.1) is 11.8 Å². The third-order valence-corrected chi connectivity index (χ3v) is 4.92. The van der Waals surface area contributed by atoms with Crippen molar-refractivity contribution in [2.45, 2.75) is 71.3 Å². The first-order valence-corrected chi connectivity index (χ1v) is 11.6. The van der Waals surface area contributed by atoms with Gasteiger partial charge in [-0.25, -0.2) is 14.4 Å². The zero-order valence-corrected chi connectivity index (χ0v) is 19.5. The molecule has 1 N–H and O–H groups in total. The van der Waals surface area contributed by atoms with E-state index in [1.54, 1.807) is 24.3 Å². The van der Waals surface area contributed by atoms with Crippen molar-refractivity contribution in [3.05, 3.63) is 65.7 Å². The average molecular weight is 485 g/mol. The molecule has 1 heterocycles. The Morgan fingerprint density at radius 1 is 0.882 bits per heavy atom. The summed E-state index contributed by atoms with van der Waals surface area (Å²) in [6, 6.07) is 9.51. The summed E-state index contributed by atoms with van der Waals surface area (Å²) in [6.07, 6.45) is 17.2. The van der Waals surface area contributed by atoms with E-state index in [4.69, 9.17) is 0 Å². The van der Waals surface area contributed by atoms with Gasteiger partial charge < -0.3 is 17.3 Å². The zero-order valence-electron chi connectivity index (χ0n) is 19.5. The summed E-state index contributed by atoms with van der Waals surface area (Å²) < 4.78 is 54.0. The number of halogens is 5. The predicted octanol–water partition coefficient (Wildman–Crippen LogP) is 6.71. The zero-order chi connectivity index (χ0) is 25.2. The van der Waals surface area contributed by atoms with Gasteiger partial charge in [0.15, 0.2) is 12.4 Å². The molecule has 0 saturated carbocycles. The summed E-state index contributed by atoms with van der Waals surface area (Å²) >= 11 is 0. The minimum Gasteiger partial charge on any atom is -0.418 e. The molecule has 0 radical (unpaired) electrons. The lowest BCUT2D eigenvalue weighted by molar-refractivity contribution is -0.697. The Bertz CT molecular complexity index is 837. The van der Waals surface area contributed by atoms with E-state index in [2.05, 4.69) is 22.0 Å². The fraction of sp³-hybridized carbons (Fsp3) is 0.458. The molecule has 0 aliphatic rings. The van der Waals surface area contributed by atoms with Crippen LogP contribution in [-0.2, 0) is 6.54 Å². The molecule has 188 valence electrons. The maximum atomic E-state index is 12.9. The van der Waals surface area contributed by atoms with Crippen LogP contribution in [-0.4, -0.2) is 19.4 Å². The normalized spacial score (nSPS) is 11.2. The van der Waals surface area contributed by atoms with E-state index in [0.717, 1.165) is 18.5 Å². The van der Waals surface area contributed by atoms with Crippen LogP contribution in [0.25, 0.3) is 0 Å². The molecule has 0 spiro atoms. The van der Waals surface area contributed by atoms with E-state index >= 15 is 0 Å². The van der Waals surface area contributed by atoms with Crippen LogP contribution in [0.4, 0.5) is 21.7 Å². The van der Waals surface area contributed by atoms with Crippen molar-refractivity contribution < 1.29 is 31.0 Å². The molecule has 0 atom stereocenters. The van der Waals surface area contributed by atoms with Gasteiger partial charge in [-0.1, -0.05) is 64.0 Å². The summed E-state index contributed by atoms with van der Waals surface area (Å²) in [5.41, 5.74) is 3.77. The first-order chi connectivity index (χ1) is 16.2. The molecule has 1 amide bonds. The van der Waals surface area contributed by atoms with E-state index < -0.39 is 7.25 Å². The fourth-order valence-electron chi connectivity index (χ4n) is 3.14. The number of hydrogen-bond donors (Lipinski definition) is 1. The van der Waals surface area contributed by atoms with Crippen molar-refractivity contribution >= 4 is 19.4 Å². The Kier molecular flexibility index (Phi) is 14.4. The predicted molar refractivity (Wildman–Crippen MR) is 126 cm³/mol. The number of aromatic nitrogens is 1. The Labute approximate surface area is 198 Å². The van der Waals surface area contributed by atoms with Crippen LogP contribution in [0.3, 0.4) is 0 Å². The SMILES string of the molecule is CCCCCCCCCCC[n+]1ccc(C(=O)NN=Cc2ccc(F)cc2)cc1.F[B-](F)(F)F. The van der Waals surface area contributed by atoms with Gasteiger partial charge in [0.2, 0.25) is 0 Å². The van der Waals surface area contributed by atoms with E-state index in [0.29, 0.717) is 5.56 Å². The van der Waals surface area contributed by atoms with E-state index in [9.17, 15) is 26.4 Å². The van der Waals surface area contributed by atoms with E-state index in [1.165, 1.54) is 69.7 Å². The number of benzene rings is 1. The largest absolute Gasteiger partial charge is 0.673 e. The van der Waals surface area contributed by atoms with Gasteiger partial charge in [-0.15, -0.1) is 0 Å². The number of pyridine rings is 1. The number of nitrogens with one attached hydrogen (secondary N) is 1. The topological polar surface area (TPSA) is 45.3 Å². The number of unbranched alkanes of at least 4 members (excludes halogenated alkanes) is 8. The van der Waals surface area contributed by atoms with Crippen LogP contribution in [0.15, 0.2) is 53.9 Å². The molecule has 0 fully saturated rings. The molecule has 34 heavy (non-hydrogen) atoms. The molecule has 1 aromatic heterocycles. The Balaban J connectivity index is 0.00000104. The van der Waals surface area contributed by atoms with Crippen LogP contribution in [0.1, 0.15) is 80.6 Å². The van der Waals surface area contributed by atoms with Gasteiger partial charge in [0, 0.05) is 18.6 Å². The van der Waals surface area contributed by atoms with Gasteiger partial charge in [-0.05, 0) is 24.1 Å². The lowest BCUT2D eigenvalue weighted by Gasteiger charge is -2.02. The number of hydrazone groups is 1. The minimum atomic E-state index is -6.00. The number of carbonyl (C=O) groups is 1. The van der Waals surface area contributed by atoms with Crippen molar-refractivity contribution in [1.82, 2.24) is 5.43 Å². The molecule has 0 bridgehead atoms. The van der Waals surface area contributed by atoms with Crippen molar-refractivity contribution in [1.29, 1.82) is 0 Å². The van der Waals surface area contributed by atoms with Gasteiger partial charge in [-0.3, -0.25) is 4.79 Å². The van der Waals surface area contributed by atoms with Crippen LogP contribution >= 0.6 is 0 Å². The van der Waals surface area contributed by atoms with Crippen molar-refractivity contribution in [3.63, 3.8) is 0 Å². The Morgan fingerprint density at radius 2 is 1.38 bits per heavy atom. The van der Waals surface area contributed by atoms with Crippen molar-refractivity contribution in [2.24, 2.45) is 5.10 Å². The highest BCUT2D eigenvalue weighted by molar-refractivity contribution is 6.50. The minimum absolute atomic E-state index is 0.265. The molecule has 0 saturated heterocycles. The number of carbonyl (C=O) groups excluding carboxylic acids is 1. The van der Waals surface area contributed by atoms with Crippen molar-refractivity contribution in [3.8, 4) is 0 Å². The lowest BCUT2D eigenvalue weighted by Crippen LogP contribution is -2.33. The second kappa shape index (κ2) is 16.8. The summed E-state index contributed by atoms with van der Waals surface area (Å²) in [7, 11) is -6.00. The fourth-order valence-corrected chi connectivity index (χ4v) is 3.14. The van der Waals surface area contributed by atoms with Crippen LogP contribution < -0.4 is 9.99 Å². The van der Waals surface area contributed by atoms with Crippen LogP contribution in [0, 0.1) is 5.82 Å². The highest BCUT2D eigenvalue weighted by Crippen LogP contribution is 2.09. The molecule has 0 unspecified atom stereocenters. The Hall–Kier alpha value is -2.78. The van der Waals surface area contributed by atoms with Crippen LogP contribution in [0.5, 0.6) is 0 Å². The number of amides is 1. The first-order valence-electron chi connectivity index (χ1n) is 11.6. The number of aryl methyl sites for hydroxylation is 1. The maximum absolute atomic E-state index is 12.9. The van der Waals surface area contributed by atoms with E-state index in [-0.39, 0.29) is 11.7 Å². The summed E-state index contributed by atoms with van der Waals surface area (Å²) in [4.78, 5) is 12.1. The second-order valence-electron chi connectivity index (χ2n) is 7.90. The molecule has 10 heteroatoms. The van der Waals surface area contributed by atoms with Gasteiger partial charge in [0.1, 0.15) is 12.4 Å². The van der Waals surface area contributed by atoms with Crippen LogP contribution in [0.2, 0.25) is 0 Å². The highest BCUT2D eigenvalue weighted by Gasteiger charge is 2.20. The molecule has 0 aliphatic heterocycles. The quantitative estimate of drug-likeness (QED) is 0.0842. The highest BCUT2D eigenvalue weighted by atomic mass is 19.5. The van der Waals surface area contributed by atoms with Gasteiger partial charge in [0.25, 0.3) is 5.91 Å². The number of hydrogen-bond acceptors (Lipinski definition) is 2. The number of rotatable bonds is 13. The summed E-state index contributed by atoms with van der Waals surface area (Å²) in [5.74, 6) is -0.565.